The predicted molar refractivity (Wildman–Crippen MR) is 80.4 cm³/mol. The molecule has 19 heavy (non-hydrogen) atoms. The first-order valence-corrected chi connectivity index (χ1v) is 6.48. The van der Waals surface area contributed by atoms with Crippen molar-refractivity contribution in [2.24, 2.45) is 0 Å². The second-order valence-corrected chi connectivity index (χ2v) is 4.94. The number of fused-ring (bicyclic) bond motifs is 1. The quantitative estimate of drug-likeness (QED) is 0.685. The Bertz CT molecular complexity index is 729. The van der Waals surface area contributed by atoms with Crippen LogP contribution in [0.25, 0.3) is 10.9 Å². The number of aromatic nitrogens is 1. The Balaban J connectivity index is 2.13. The van der Waals surface area contributed by atoms with Crippen LogP contribution in [0.4, 0.5) is 0 Å². The number of nitrogens with zero attached hydrogens (tertiary/aromatic N) is 1. The van der Waals surface area contributed by atoms with Gasteiger partial charge in [-0.2, -0.15) is 0 Å². The van der Waals surface area contributed by atoms with Crippen LogP contribution in [0.15, 0.2) is 54.7 Å². The molecule has 0 saturated carbocycles. The van der Waals surface area contributed by atoms with Crippen LogP contribution < -0.4 is 0 Å². The van der Waals surface area contributed by atoms with Gasteiger partial charge in [0, 0.05) is 34.9 Å². The molecule has 3 aromatic rings. The minimum Gasteiger partial charge on any atom is -0.342 e. The fraction of sp³-hybridized carbons (Fsp3) is 0.0625. The summed E-state index contributed by atoms with van der Waals surface area (Å²) in [6.07, 6.45) is 3.39. The first-order valence-electron chi connectivity index (χ1n) is 6.11. The normalized spacial score (nSPS) is 10.8. The van der Waals surface area contributed by atoms with Crippen molar-refractivity contribution in [1.82, 2.24) is 4.57 Å². The molecule has 94 valence electrons. The standard InChI is InChI=1S/C16H13ClN2/c17-14-6-7-15-13(9-18)11-19(16(15)8-14)10-12-4-2-1-3-5-12/h1-9,11,18H,10H2. The van der Waals surface area contributed by atoms with E-state index in [2.05, 4.69) is 16.7 Å². The number of rotatable bonds is 3. The largest absolute Gasteiger partial charge is 0.342 e. The smallest absolute Gasteiger partial charge is 0.0505 e. The van der Waals surface area contributed by atoms with Crippen molar-refractivity contribution in [2.75, 3.05) is 0 Å². The molecule has 0 spiro atoms. The third-order valence-electron chi connectivity index (χ3n) is 3.23. The maximum absolute atomic E-state index is 7.50. The van der Waals surface area contributed by atoms with E-state index < -0.39 is 0 Å². The number of hydrogen-bond donors (Lipinski definition) is 1. The first kappa shape index (κ1) is 12.0. The molecule has 0 atom stereocenters. The van der Waals surface area contributed by atoms with E-state index in [1.165, 1.54) is 11.8 Å². The zero-order valence-corrected chi connectivity index (χ0v) is 11.1. The van der Waals surface area contributed by atoms with Gasteiger partial charge in [0.15, 0.2) is 0 Å². The number of benzene rings is 2. The fourth-order valence-corrected chi connectivity index (χ4v) is 2.49. The Labute approximate surface area is 116 Å². The molecule has 0 unspecified atom stereocenters. The van der Waals surface area contributed by atoms with Gasteiger partial charge in [-0.05, 0) is 17.7 Å². The minimum absolute atomic E-state index is 0.719. The summed E-state index contributed by atoms with van der Waals surface area (Å²) in [6, 6.07) is 16.1. The third-order valence-corrected chi connectivity index (χ3v) is 3.46. The highest BCUT2D eigenvalue weighted by Crippen LogP contribution is 2.24. The molecule has 3 heteroatoms. The Morgan fingerprint density at radius 3 is 2.63 bits per heavy atom. The molecule has 1 aromatic heterocycles. The van der Waals surface area contributed by atoms with Gasteiger partial charge in [-0.3, -0.25) is 0 Å². The highest BCUT2D eigenvalue weighted by atomic mass is 35.5. The van der Waals surface area contributed by atoms with E-state index in [1.54, 1.807) is 0 Å². The zero-order chi connectivity index (χ0) is 13.2. The summed E-state index contributed by atoms with van der Waals surface area (Å²) in [5.74, 6) is 0. The second-order valence-electron chi connectivity index (χ2n) is 4.50. The summed E-state index contributed by atoms with van der Waals surface area (Å²) in [5, 5.41) is 9.29. The fourth-order valence-electron chi connectivity index (χ4n) is 2.32. The lowest BCUT2D eigenvalue weighted by atomic mass is 10.2. The molecular weight excluding hydrogens is 256 g/mol. The summed E-state index contributed by atoms with van der Waals surface area (Å²) >= 11 is 6.08. The van der Waals surface area contributed by atoms with Crippen molar-refractivity contribution in [3.05, 3.63) is 70.9 Å². The van der Waals surface area contributed by atoms with Crippen LogP contribution in [0, 0.1) is 5.41 Å². The molecule has 0 fully saturated rings. The highest BCUT2D eigenvalue weighted by molar-refractivity contribution is 6.31. The lowest BCUT2D eigenvalue weighted by molar-refractivity contribution is 0.836. The van der Waals surface area contributed by atoms with Gasteiger partial charge in [-0.1, -0.05) is 48.0 Å². The van der Waals surface area contributed by atoms with Gasteiger partial charge in [-0.15, -0.1) is 0 Å². The van der Waals surface area contributed by atoms with Crippen LogP contribution in [-0.4, -0.2) is 10.8 Å². The van der Waals surface area contributed by atoms with Crippen LogP contribution in [-0.2, 0) is 6.54 Å². The molecule has 0 radical (unpaired) electrons. The van der Waals surface area contributed by atoms with Crippen LogP contribution in [0.3, 0.4) is 0 Å². The van der Waals surface area contributed by atoms with E-state index in [-0.39, 0.29) is 0 Å². The maximum Gasteiger partial charge on any atom is 0.0505 e. The summed E-state index contributed by atoms with van der Waals surface area (Å²) in [5.41, 5.74) is 3.22. The van der Waals surface area contributed by atoms with Gasteiger partial charge in [0.25, 0.3) is 0 Å². The Kier molecular flexibility index (Phi) is 3.10. The van der Waals surface area contributed by atoms with Crippen LogP contribution in [0.1, 0.15) is 11.1 Å². The van der Waals surface area contributed by atoms with E-state index in [9.17, 15) is 0 Å². The summed E-state index contributed by atoms with van der Waals surface area (Å²) in [7, 11) is 0. The van der Waals surface area contributed by atoms with Crippen molar-refractivity contribution in [1.29, 1.82) is 5.41 Å². The Hall–Kier alpha value is -2.06. The van der Waals surface area contributed by atoms with E-state index in [0.29, 0.717) is 0 Å². The van der Waals surface area contributed by atoms with E-state index in [4.69, 9.17) is 17.0 Å². The molecule has 0 aliphatic heterocycles. The van der Waals surface area contributed by atoms with Crippen LogP contribution in [0.5, 0.6) is 0 Å². The molecule has 0 aliphatic rings. The zero-order valence-electron chi connectivity index (χ0n) is 10.3. The molecule has 2 nitrogen and oxygen atoms in total. The van der Waals surface area contributed by atoms with Gasteiger partial charge in [-0.25, -0.2) is 0 Å². The van der Waals surface area contributed by atoms with Crippen LogP contribution in [0.2, 0.25) is 5.02 Å². The highest BCUT2D eigenvalue weighted by Gasteiger charge is 2.07. The topological polar surface area (TPSA) is 28.8 Å². The van der Waals surface area contributed by atoms with E-state index in [1.807, 2.05) is 42.6 Å². The molecule has 0 amide bonds. The van der Waals surface area contributed by atoms with Crippen molar-refractivity contribution < 1.29 is 0 Å². The van der Waals surface area contributed by atoms with Gasteiger partial charge < -0.3 is 9.98 Å². The SMILES string of the molecule is N=Cc1cn(Cc2ccccc2)c2cc(Cl)ccc12. The number of nitrogens with one attached hydrogen (secondary N) is 1. The van der Waals surface area contributed by atoms with Crippen LogP contribution >= 0.6 is 11.6 Å². The van der Waals surface area contributed by atoms with Gasteiger partial charge in [0.2, 0.25) is 0 Å². The van der Waals surface area contributed by atoms with E-state index in [0.717, 1.165) is 28.0 Å². The minimum atomic E-state index is 0.719. The predicted octanol–water partition coefficient (Wildman–Crippen LogP) is 4.34. The van der Waals surface area contributed by atoms with Gasteiger partial charge in [0.1, 0.15) is 0 Å². The van der Waals surface area contributed by atoms with Crippen molar-refractivity contribution >= 4 is 28.7 Å². The molecule has 0 bridgehead atoms. The molecule has 1 heterocycles. The summed E-state index contributed by atoms with van der Waals surface area (Å²) in [4.78, 5) is 0. The van der Waals surface area contributed by atoms with Gasteiger partial charge in [0.05, 0.1) is 5.52 Å². The third kappa shape index (κ3) is 2.27. The monoisotopic (exact) mass is 268 g/mol. The van der Waals surface area contributed by atoms with Crippen molar-refractivity contribution in [3.63, 3.8) is 0 Å². The molecule has 0 aliphatic carbocycles. The van der Waals surface area contributed by atoms with Gasteiger partial charge >= 0.3 is 0 Å². The molecule has 0 saturated heterocycles. The summed E-state index contributed by atoms with van der Waals surface area (Å²) < 4.78 is 2.14. The second kappa shape index (κ2) is 4.90. The Morgan fingerprint density at radius 2 is 1.89 bits per heavy atom. The molecule has 3 rings (SSSR count). The molecular formula is C16H13ClN2. The average molecular weight is 269 g/mol. The lowest BCUT2D eigenvalue weighted by Gasteiger charge is -2.05. The van der Waals surface area contributed by atoms with E-state index >= 15 is 0 Å². The first-order chi connectivity index (χ1) is 9.28. The Morgan fingerprint density at radius 1 is 1.11 bits per heavy atom. The van der Waals surface area contributed by atoms with Crippen molar-refractivity contribution in [3.8, 4) is 0 Å². The lowest BCUT2D eigenvalue weighted by Crippen LogP contribution is -1.97. The summed E-state index contributed by atoms with van der Waals surface area (Å²) in [6.45, 7) is 0.783. The molecule has 2 aromatic carbocycles. The maximum atomic E-state index is 7.50. The van der Waals surface area contributed by atoms with Crippen molar-refractivity contribution in [2.45, 2.75) is 6.54 Å². The average Bonchev–Trinajstić information content (AvgIpc) is 2.77. The number of halogens is 1. The molecule has 1 N–H and O–H groups in total. The number of hydrogen-bond acceptors (Lipinski definition) is 1.